The fraction of sp³-hybridized carbons (Fsp3) is 0.417. The maximum Gasteiger partial charge on any atom is 0.248 e. The molecule has 1 saturated heterocycles. The molecule has 4 nitrogen and oxygen atoms in total. The molecule has 0 saturated carbocycles. The van der Waals surface area contributed by atoms with Crippen molar-refractivity contribution in [3.8, 4) is 0 Å². The third kappa shape index (κ3) is 2.70. The zero-order chi connectivity index (χ0) is 12.4. The SMILES string of the molecule is C[C@H]1CN(c2ccc(C(N)=O)cc2Cl)CCN1. The van der Waals surface area contributed by atoms with Gasteiger partial charge in [0.2, 0.25) is 5.91 Å². The van der Waals surface area contributed by atoms with Crippen LogP contribution in [0.1, 0.15) is 17.3 Å². The number of hydrogen-bond acceptors (Lipinski definition) is 3. The van der Waals surface area contributed by atoms with Crippen molar-refractivity contribution in [2.24, 2.45) is 5.73 Å². The van der Waals surface area contributed by atoms with Crippen LogP contribution in [0.3, 0.4) is 0 Å². The van der Waals surface area contributed by atoms with Crippen LogP contribution in [0.5, 0.6) is 0 Å². The van der Waals surface area contributed by atoms with Crippen molar-refractivity contribution in [1.29, 1.82) is 0 Å². The number of primary amides is 1. The molecule has 2 rings (SSSR count). The van der Waals surface area contributed by atoms with E-state index in [1.165, 1.54) is 0 Å². The summed E-state index contributed by atoms with van der Waals surface area (Å²) in [6, 6.07) is 5.65. The van der Waals surface area contributed by atoms with E-state index < -0.39 is 5.91 Å². The van der Waals surface area contributed by atoms with Crippen LogP contribution in [0.4, 0.5) is 5.69 Å². The van der Waals surface area contributed by atoms with E-state index in [4.69, 9.17) is 17.3 Å². The van der Waals surface area contributed by atoms with Crippen LogP contribution in [0.15, 0.2) is 18.2 Å². The lowest BCUT2D eigenvalue weighted by molar-refractivity contribution is 0.100. The second-order valence-electron chi connectivity index (χ2n) is 4.33. The summed E-state index contributed by atoms with van der Waals surface area (Å²) in [6.07, 6.45) is 0. The standard InChI is InChI=1S/C12H16ClN3O/c1-8-7-16(5-4-15-8)11-3-2-9(12(14)17)6-10(11)13/h2-3,6,8,15H,4-5,7H2,1H3,(H2,14,17)/t8-/m0/s1. The number of amides is 1. The van der Waals surface area contributed by atoms with Crippen molar-refractivity contribution in [3.05, 3.63) is 28.8 Å². The molecule has 1 heterocycles. The first-order valence-electron chi connectivity index (χ1n) is 5.65. The Bertz CT molecular complexity index is 436. The predicted molar refractivity (Wildman–Crippen MR) is 69.6 cm³/mol. The fourth-order valence-corrected chi connectivity index (χ4v) is 2.37. The van der Waals surface area contributed by atoms with E-state index in [1.807, 2.05) is 6.07 Å². The molecule has 1 aromatic rings. The lowest BCUT2D eigenvalue weighted by atomic mass is 10.1. The van der Waals surface area contributed by atoms with Gasteiger partial charge in [0.1, 0.15) is 0 Å². The molecule has 92 valence electrons. The van der Waals surface area contributed by atoms with Gasteiger partial charge in [-0.15, -0.1) is 0 Å². The van der Waals surface area contributed by atoms with Crippen molar-refractivity contribution < 1.29 is 4.79 Å². The van der Waals surface area contributed by atoms with Crippen LogP contribution in [0.25, 0.3) is 0 Å². The maximum atomic E-state index is 11.0. The van der Waals surface area contributed by atoms with E-state index >= 15 is 0 Å². The van der Waals surface area contributed by atoms with Gasteiger partial charge in [-0.3, -0.25) is 4.79 Å². The summed E-state index contributed by atoms with van der Waals surface area (Å²) in [5.74, 6) is -0.452. The molecule has 0 bridgehead atoms. The van der Waals surface area contributed by atoms with Gasteiger partial charge in [-0.2, -0.15) is 0 Å². The molecule has 1 atom stereocenters. The van der Waals surface area contributed by atoms with Crippen molar-refractivity contribution in [2.45, 2.75) is 13.0 Å². The first-order chi connectivity index (χ1) is 8.08. The first-order valence-corrected chi connectivity index (χ1v) is 6.03. The zero-order valence-electron chi connectivity index (χ0n) is 9.74. The summed E-state index contributed by atoms with van der Waals surface area (Å²) < 4.78 is 0. The predicted octanol–water partition coefficient (Wildman–Crippen LogP) is 1.24. The normalized spacial score (nSPS) is 20.4. The van der Waals surface area contributed by atoms with E-state index in [0.717, 1.165) is 25.3 Å². The lowest BCUT2D eigenvalue weighted by Gasteiger charge is -2.34. The second-order valence-corrected chi connectivity index (χ2v) is 4.74. The number of nitrogens with one attached hydrogen (secondary N) is 1. The summed E-state index contributed by atoms with van der Waals surface area (Å²) in [4.78, 5) is 13.2. The summed E-state index contributed by atoms with van der Waals surface area (Å²) in [5, 5.41) is 3.95. The molecular formula is C12H16ClN3O. The van der Waals surface area contributed by atoms with Gasteiger partial charge >= 0.3 is 0 Å². The highest BCUT2D eigenvalue weighted by Gasteiger charge is 2.18. The van der Waals surface area contributed by atoms with E-state index in [2.05, 4.69) is 17.1 Å². The quantitative estimate of drug-likeness (QED) is 0.834. The minimum atomic E-state index is -0.452. The number of halogens is 1. The molecule has 1 aromatic carbocycles. The van der Waals surface area contributed by atoms with Gasteiger partial charge < -0.3 is 16.0 Å². The van der Waals surface area contributed by atoms with Crippen LogP contribution in [0.2, 0.25) is 5.02 Å². The largest absolute Gasteiger partial charge is 0.368 e. The Morgan fingerprint density at radius 2 is 2.35 bits per heavy atom. The fourth-order valence-electron chi connectivity index (χ4n) is 2.07. The number of benzene rings is 1. The van der Waals surface area contributed by atoms with Crippen molar-refractivity contribution in [2.75, 3.05) is 24.5 Å². The van der Waals surface area contributed by atoms with Gasteiger partial charge in [-0.25, -0.2) is 0 Å². The number of piperazine rings is 1. The Morgan fingerprint density at radius 3 is 2.94 bits per heavy atom. The number of carbonyl (C=O) groups excluding carboxylic acids is 1. The number of anilines is 1. The third-order valence-corrected chi connectivity index (χ3v) is 3.24. The molecule has 0 aliphatic carbocycles. The Labute approximate surface area is 106 Å². The minimum absolute atomic E-state index is 0.440. The van der Waals surface area contributed by atoms with Crippen LogP contribution < -0.4 is 16.0 Å². The van der Waals surface area contributed by atoms with Gasteiger partial charge in [-0.1, -0.05) is 11.6 Å². The number of carbonyl (C=O) groups is 1. The summed E-state index contributed by atoms with van der Waals surface area (Å²) in [7, 11) is 0. The van der Waals surface area contributed by atoms with E-state index in [-0.39, 0.29) is 0 Å². The minimum Gasteiger partial charge on any atom is -0.368 e. The summed E-state index contributed by atoms with van der Waals surface area (Å²) >= 11 is 6.18. The smallest absolute Gasteiger partial charge is 0.248 e. The lowest BCUT2D eigenvalue weighted by Crippen LogP contribution is -2.49. The summed E-state index contributed by atoms with van der Waals surface area (Å²) in [6.45, 7) is 4.91. The molecule has 3 N–H and O–H groups in total. The Hall–Kier alpha value is -1.26. The Balaban J connectivity index is 2.23. The van der Waals surface area contributed by atoms with Crippen molar-refractivity contribution >= 4 is 23.2 Å². The molecule has 0 radical (unpaired) electrons. The molecule has 0 spiro atoms. The van der Waals surface area contributed by atoms with Gasteiger partial charge in [0.15, 0.2) is 0 Å². The molecule has 17 heavy (non-hydrogen) atoms. The molecule has 5 heteroatoms. The van der Waals surface area contributed by atoms with Crippen molar-refractivity contribution in [3.63, 3.8) is 0 Å². The highest BCUT2D eigenvalue weighted by Crippen LogP contribution is 2.27. The highest BCUT2D eigenvalue weighted by atomic mass is 35.5. The van der Waals surface area contributed by atoms with Crippen LogP contribution in [0, 0.1) is 0 Å². The summed E-state index contributed by atoms with van der Waals surface area (Å²) in [5.41, 5.74) is 6.62. The third-order valence-electron chi connectivity index (χ3n) is 2.94. The van der Waals surface area contributed by atoms with Gasteiger partial charge in [0.25, 0.3) is 0 Å². The monoisotopic (exact) mass is 253 g/mol. The van der Waals surface area contributed by atoms with Crippen LogP contribution >= 0.6 is 11.6 Å². The van der Waals surface area contributed by atoms with Crippen LogP contribution in [-0.4, -0.2) is 31.6 Å². The molecule has 0 unspecified atom stereocenters. The van der Waals surface area contributed by atoms with Gasteiger partial charge in [0.05, 0.1) is 10.7 Å². The molecule has 1 aliphatic heterocycles. The topological polar surface area (TPSA) is 58.4 Å². The average molecular weight is 254 g/mol. The Kier molecular flexibility index (Phi) is 3.54. The van der Waals surface area contributed by atoms with Gasteiger partial charge in [-0.05, 0) is 25.1 Å². The maximum absolute atomic E-state index is 11.0. The zero-order valence-corrected chi connectivity index (χ0v) is 10.5. The van der Waals surface area contributed by atoms with E-state index in [9.17, 15) is 4.79 Å². The number of hydrogen-bond donors (Lipinski definition) is 2. The molecule has 0 aromatic heterocycles. The van der Waals surface area contributed by atoms with Gasteiger partial charge in [0, 0.05) is 31.2 Å². The molecule has 1 fully saturated rings. The second kappa shape index (κ2) is 4.94. The number of rotatable bonds is 2. The number of nitrogens with two attached hydrogens (primary N) is 1. The average Bonchev–Trinajstić information content (AvgIpc) is 2.28. The molecule has 1 amide bonds. The first kappa shape index (κ1) is 12.2. The number of nitrogens with zero attached hydrogens (tertiary/aromatic N) is 1. The molecule has 1 aliphatic rings. The van der Waals surface area contributed by atoms with E-state index in [1.54, 1.807) is 12.1 Å². The van der Waals surface area contributed by atoms with Crippen molar-refractivity contribution in [1.82, 2.24) is 5.32 Å². The Morgan fingerprint density at radius 1 is 1.59 bits per heavy atom. The molecular weight excluding hydrogens is 238 g/mol. The van der Waals surface area contributed by atoms with Crippen LogP contribution in [-0.2, 0) is 0 Å². The van der Waals surface area contributed by atoms with E-state index in [0.29, 0.717) is 16.6 Å². The highest BCUT2D eigenvalue weighted by molar-refractivity contribution is 6.33.